The van der Waals surface area contributed by atoms with Crippen LogP contribution in [0.3, 0.4) is 0 Å². The summed E-state index contributed by atoms with van der Waals surface area (Å²) in [6, 6.07) is 5.08. The molecule has 0 unspecified atom stereocenters. The number of nitrogens with zero attached hydrogens (tertiary/aromatic N) is 1. The molecule has 0 aliphatic carbocycles. The molecule has 6 heteroatoms. The largest absolute Gasteiger partial charge is 0.309 e. The first kappa shape index (κ1) is 16.0. The summed E-state index contributed by atoms with van der Waals surface area (Å²) in [6.07, 6.45) is 1.89. The van der Waals surface area contributed by atoms with E-state index in [2.05, 4.69) is 4.72 Å². The molecule has 1 aliphatic rings. The number of sulfonamides is 1. The number of anilines is 1. The average molecular weight is 310 g/mol. The van der Waals surface area contributed by atoms with E-state index in [-0.39, 0.29) is 16.8 Å². The second-order valence-corrected chi connectivity index (χ2v) is 7.13. The van der Waals surface area contributed by atoms with Crippen molar-refractivity contribution < 1.29 is 13.2 Å². The van der Waals surface area contributed by atoms with Crippen LogP contribution < -0.4 is 9.62 Å². The van der Waals surface area contributed by atoms with Crippen molar-refractivity contribution in [3.05, 3.63) is 23.8 Å². The number of rotatable bonds is 5. The number of hydrogen-bond acceptors (Lipinski definition) is 3. The maximum Gasteiger partial charge on any atom is 0.240 e. The highest BCUT2D eigenvalue weighted by Gasteiger charge is 2.31. The number of nitrogens with one attached hydrogen (secondary N) is 1. The average Bonchev–Trinajstić information content (AvgIpc) is 2.79. The zero-order valence-electron chi connectivity index (χ0n) is 12.7. The van der Waals surface area contributed by atoms with Crippen molar-refractivity contribution in [1.82, 2.24) is 4.72 Å². The SMILES string of the molecule is CCCNS(=O)(=O)c1ccc2c(c1)C[C@@H](C)N2C(=O)CC. The summed E-state index contributed by atoms with van der Waals surface area (Å²) in [6.45, 7) is 6.16. The quantitative estimate of drug-likeness (QED) is 0.905. The standard InChI is InChI=1S/C15H22N2O3S/c1-4-8-16-21(19,20)13-6-7-14-12(10-13)9-11(3)17(14)15(18)5-2/h6-7,10-11,16H,4-5,8-9H2,1-3H3/t11-/m1/s1. The van der Waals surface area contributed by atoms with E-state index in [0.717, 1.165) is 17.7 Å². The van der Waals surface area contributed by atoms with Gasteiger partial charge >= 0.3 is 0 Å². The van der Waals surface area contributed by atoms with Crippen LogP contribution in [0, 0.1) is 0 Å². The maximum absolute atomic E-state index is 12.2. The monoisotopic (exact) mass is 310 g/mol. The van der Waals surface area contributed by atoms with Gasteiger partial charge in [-0.3, -0.25) is 4.79 Å². The molecule has 0 bridgehead atoms. The highest BCUT2D eigenvalue weighted by atomic mass is 32.2. The van der Waals surface area contributed by atoms with E-state index in [9.17, 15) is 13.2 Å². The van der Waals surface area contributed by atoms with E-state index >= 15 is 0 Å². The third kappa shape index (κ3) is 3.11. The highest BCUT2D eigenvalue weighted by molar-refractivity contribution is 7.89. The molecule has 1 aromatic rings. The van der Waals surface area contributed by atoms with Crippen molar-refractivity contribution in [3.8, 4) is 0 Å². The Morgan fingerprint density at radius 3 is 2.71 bits per heavy atom. The van der Waals surface area contributed by atoms with Gasteiger partial charge in [0, 0.05) is 24.7 Å². The number of hydrogen-bond donors (Lipinski definition) is 1. The number of fused-ring (bicyclic) bond motifs is 1. The molecular weight excluding hydrogens is 288 g/mol. The van der Waals surface area contributed by atoms with Gasteiger partial charge in [-0.1, -0.05) is 13.8 Å². The topological polar surface area (TPSA) is 66.5 Å². The molecule has 0 aromatic heterocycles. The normalized spacial score (nSPS) is 17.9. The lowest BCUT2D eigenvalue weighted by molar-refractivity contribution is -0.118. The van der Waals surface area contributed by atoms with Gasteiger partial charge < -0.3 is 4.90 Å². The second kappa shape index (κ2) is 6.15. The fraction of sp³-hybridized carbons (Fsp3) is 0.533. The van der Waals surface area contributed by atoms with E-state index in [0.29, 0.717) is 19.4 Å². The van der Waals surface area contributed by atoms with E-state index in [1.54, 1.807) is 23.1 Å². The van der Waals surface area contributed by atoms with Crippen molar-refractivity contribution in [2.45, 2.75) is 51.0 Å². The molecule has 0 spiro atoms. The van der Waals surface area contributed by atoms with Crippen LogP contribution in [0.5, 0.6) is 0 Å². The summed E-state index contributed by atoms with van der Waals surface area (Å²) in [5, 5.41) is 0. The Morgan fingerprint density at radius 1 is 1.38 bits per heavy atom. The van der Waals surface area contributed by atoms with Crippen molar-refractivity contribution in [2.75, 3.05) is 11.4 Å². The molecule has 116 valence electrons. The molecule has 0 fully saturated rings. The molecule has 1 aliphatic heterocycles. The van der Waals surface area contributed by atoms with Crippen LogP contribution in [0.2, 0.25) is 0 Å². The van der Waals surface area contributed by atoms with Crippen LogP contribution in [0.1, 0.15) is 39.2 Å². The summed E-state index contributed by atoms with van der Waals surface area (Å²) in [5.41, 5.74) is 1.76. The van der Waals surface area contributed by atoms with E-state index < -0.39 is 10.0 Å². The molecule has 1 atom stereocenters. The molecule has 1 aromatic carbocycles. The summed E-state index contributed by atoms with van der Waals surface area (Å²) in [5.74, 6) is 0.0703. The lowest BCUT2D eigenvalue weighted by atomic mass is 10.1. The Labute approximate surface area is 126 Å². The lowest BCUT2D eigenvalue weighted by Gasteiger charge is -2.22. The first-order valence-corrected chi connectivity index (χ1v) is 8.83. The second-order valence-electron chi connectivity index (χ2n) is 5.36. The third-order valence-electron chi connectivity index (χ3n) is 3.69. The fourth-order valence-corrected chi connectivity index (χ4v) is 3.83. The Kier molecular flexibility index (Phi) is 4.68. The zero-order valence-corrected chi connectivity index (χ0v) is 13.5. The summed E-state index contributed by atoms with van der Waals surface area (Å²) < 4.78 is 26.9. The minimum absolute atomic E-state index is 0.0703. The van der Waals surface area contributed by atoms with Gasteiger partial charge in [-0.25, -0.2) is 13.1 Å². The van der Waals surface area contributed by atoms with Gasteiger partial charge in [0.25, 0.3) is 0 Å². The predicted octanol–water partition coefficient (Wildman–Crippen LogP) is 2.06. The number of amides is 1. The molecule has 5 nitrogen and oxygen atoms in total. The van der Waals surface area contributed by atoms with Gasteiger partial charge in [0.2, 0.25) is 15.9 Å². The van der Waals surface area contributed by atoms with E-state index in [4.69, 9.17) is 0 Å². The Hall–Kier alpha value is -1.40. The van der Waals surface area contributed by atoms with Crippen LogP contribution in [-0.2, 0) is 21.2 Å². The molecule has 0 saturated heterocycles. The van der Waals surface area contributed by atoms with Gasteiger partial charge in [0.05, 0.1) is 4.90 Å². The number of carbonyl (C=O) groups excluding carboxylic acids is 1. The van der Waals surface area contributed by atoms with Gasteiger partial charge in [0.1, 0.15) is 0 Å². The van der Waals surface area contributed by atoms with Crippen LogP contribution in [-0.4, -0.2) is 26.9 Å². The van der Waals surface area contributed by atoms with E-state index in [1.165, 1.54) is 0 Å². The van der Waals surface area contributed by atoms with Gasteiger partial charge in [0.15, 0.2) is 0 Å². The van der Waals surface area contributed by atoms with Gasteiger partial charge in [-0.05, 0) is 43.5 Å². The summed E-state index contributed by atoms with van der Waals surface area (Å²) in [7, 11) is -3.46. The molecule has 1 amide bonds. The van der Waals surface area contributed by atoms with E-state index in [1.807, 2.05) is 20.8 Å². The van der Waals surface area contributed by atoms with Crippen LogP contribution in [0.25, 0.3) is 0 Å². The van der Waals surface area contributed by atoms with Crippen molar-refractivity contribution in [1.29, 1.82) is 0 Å². The van der Waals surface area contributed by atoms with Crippen LogP contribution in [0.15, 0.2) is 23.1 Å². The molecule has 0 radical (unpaired) electrons. The number of carbonyl (C=O) groups is 1. The first-order valence-electron chi connectivity index (χ1n) is 7.35. The van der Waals surface area contributed by atoms with Crippen LogP contribution in [0.4, 0.5) is 5.69 Å². The molecule has 2 rings (SSSR count). The van der Waals surface area contributed by atoms with Gasteiger partial charge in [-0.2, -0.15) is 0 Å². The highest BCUT2D eigenvalue weighted by Crippen LogP contribution is 2.34. The maximum atomic E-state index is 12.2. The first-order chi connectivity index (χ1) is 9.90. The van der Waals surface area contributed by atoms with Crippen LogP contribution >= 0.6 is 0 Å². The lowest BCUT2D eigenvalue weighted by Crippen LogP contribution is -2.35. The van der Waals surface area contributed by atoms with Crippen molar-refractivity contribution in [3.63, 3.8) is 0 Å². The summed E-state index contributed by atoms with van der Waals surface area (Å²) >= 11 is 0. The molecule has 0 saturated carbocycles. The Balaban J connectivity index is 2.34. The van der Waals surface area contributed by atoms with Crippen molar-refractivity contribution >= 4 is 21.6 Å². The Morgan fingerprint density at radius 2 is 2.10 bits per heavy atom. The molecule has 21 heavy (non-hydrogen) atoms. The number of benzene rings is 1. The third-order valence-corrected chi connectivity index (χ3v) is 5.15. The Bertz CT molecular complexity index is 640. The molecule has 1 N–H and O–H groups in total. The van der Waals surface area contributed by atoms with Gasteiger partial charge in [-0.15, -0.1) is 0 Å². The zero-order chi connectivity index (χ0) is 15.6. The summed E-state index contributed by atoms with van der Waals surface area (Å²) in [4.78, 5) is 14.0. The van der Waals surface area contributed by atoms with Crippen molar-refractivity contribution in [2.24, 2.45) is 0 Å². The smallest absolute Gasteiger partial charge is 0.240 e. The molecular formula is C15H22N2O3S. The minimum Gasteiger partial charge on any atom is -0.309 e. The minimum atomic E-state index is -3.46. The predicted molar refractivity (Wildman–Crippen MR) is 82.9 cm³/mol. The molecule has 1 heterocycles. The fourth-order valence-electron chi connectivity index (χ4n) is 2.64.